The summed E-state index contributed by atoms with van der Waals surface area (Å²) in [5.74, 6) is 1.34. The standard InChI is InChI=1S/C14H13BrClNO/c1-9(17)11-4-2-3-5-13(11)18-14-8-10(15)6-7-12(14)16/h2-9H,17H2,1H3. The van der Waals surface area contributed by atoms with E-state index in [1.54, 1.807) is 6.07 Å². The summed E-state index contributed by atoms with van der Waals surface area (Å²) < 4.78 is 6.76. The monoisotopic (exact) mass is 325 g/mol. The Bertz CT molecular complexity index is 557. The van der Waals surface area contributed by atoms with Gasteiger partial charge < -0.3 is 10.5 Å². The summed E-state index contributed by atoms with van der Waals surface area (Å²) in [6.45, 7) is 1.92. The van der Waals surface area contributed by atoms with Crippen LogP contribution >= 0.6 is 27.5 Å². The Labute approximate surface area is 120 Å². The molecule has 1 unspecified atom stereocenters. The van der Waals surface area contributed by atoms with Crippen LogP contribution in [-0.2, 0) is 0 Å². The summed E-state index contributed by atoms with van der Waals surface area (Å²) in [7, 11) is 0. The summed E-state index contributed by atoms with van der Waals surface area (Å²) in [4.78, 5) is 0. The third kappa shape index (κ3) is 3.05. The van der Waals surface area contributed by atoms with Gasteiger partial charge in [-0.1, -0.05) is 45.7 Å². The Kier molecular flexibility index (Phi) is 4.27. The van der Waals surface area contributed by atoms with Crippen LogP contribution in [0, 0.1) is 0 Å². The first-order valence-electron chi connectivity index (χ1n) is 5.55. The second kappa shape index (κ2) is 5.74. The fourth-order valence-corrected chi connectivity index (χ4v) is 2.12. The van der Waals surface area contributed by atoms with E-state index in [0.717, 1.165) is 15.8 Å². The largest absolute Gasteiger partial charge is 0.455 e. The van der Waals surface area contributed by atoms with Crippen molar-refractivity contribution in [2.45, 2.75) is 13.0 Å². The molecule has 0 bridgehead atoms. The third-order valence-electron chi connectivity index (χ3n) is 2.52. The smallest absolute Gasteiger partial charge is 0.147 e. The molecule has 1 atom stereocenters. The highest BCUT2D eigenvalue weighted by molar-refractivity contribution is 9.10. The Morgan fingerprint density at radius 1 is 1.17 bits per heavy atom. The molecule has 0 aliphatic carbocycles. The van der Waals surface area contributed by atoms with Crippen LogP contribution in [0.1, 0.15) is 18.5 Å². The number of para-hydroxylation sites is 1. The number of nitrogens with two attached hydrogens (primary N) is 1. The van der Waals surface area contributed by atoms with E-state index >= 15 is 0 Å². The van der Waals surface area contributed by atoms with E-state index in [1.165, 1.54) is 0 Å². The molecule has 94 valence electrons. The lowest BCUT2D eigenvalue weighted by Crippen LogP contribution is -2.06. The lowest BCUT2D eigenvalue weighted by Gasteiger charge is -2.14. The van der Waals surface area contributed by atoms with Crippen molar-refractivity contribution in [2.75, 3.05) is 0 Å². The molecular formula is C14H13BrClNO. The van der Waals surface area contributed by atoms with Gasteiger partial charge in [0.15, 0.2) is 0 Å². The number of halogens is 2. The van der Waals surface area contributed by atoms with E-state index in [4.69, 9.17) is 22.1 Å². The van der Waals surface area contributed by atoms with Crippen molar-refractivity contribution in [3.63, 3.8) is 0 Å². The van der Waals surface area contributed by atoms with E-state index in [0.29, 0.717) is 10.8 Å². The molecule has 0 amide bonds. The molecule has 2 N–H and O–H groups in total. The first-order valence-corrected chi connectivity index (χ1v) is 6.72. The highest BCUT2D eigenvalue weighted by Gasteiger charge is 2.10. The summed E-state index contributed by atoms with van der Waals surface area (Å²) in [6, 6.07) is 13.1. The topological polar surface area (TPSA) is 35.2 Å². The minimum absolute atomic E-state index is 0.0906. The van der Waals surface area contributed by atoms with Crippen LogP contribution in [0.4, 0.5) is 0 Å². The lowest BCUT2D eigenvalue weighted by molar-refractivity contribution is 0.472. The van der Waals surface area contributed by atoms with Gasteiger partial charge in [0.1, 0.15) is 11.5 Å². The first kappa shape index (κ1) is 13.4. The predicted molar refractivity (Wildman–Crippen MR) is 78.3 cm³/mol. The van der Waals surface area contributed by atoms with Crippen LogP contribution in [0.5, 0.6) is 11.5 Å². The highest BCUT2D eigenvalue weighted by Crippen LogP contribution is 2.34. The second-order valence-corrected chi connectivity index (χ2v) is 5.33. The van der Waals surface area contributed by atoms with Crippen molar-refractivity contribution in [3.8, 4) is 11.5 Å². The Hall–Kier alpha value is -1.03. The average molecular weight is 327 g/mol. The molecule has 2 rings (SSSR count). The van der Waals surface area contributed by atoms with Gasteiger partial charge in [-0.25, -0.2) is 0 Å². The van der Waals surface area contributed by atoms with Crippen molar-refractivity contribution in [2.24, 2.45) is 5.73 Å². The van der Waals surface area contributed by atoms with E-state index in [1.807, 2.05) is 43.3 Å². The Morgan fingerprint density at radius 3 is 2.61 bits per heavy atom. The molecule has 0 aliphatic rings. The zero-order valence-corrected chi connectivity index (χ0v) is 12.2. The molecule has 0 radical (unpaired) electrons. The molecule has 0 saturated carbocycles. The summed E-state index contributed by atoms with van der Waals surface area (Å²) in [5.41, 5.74) is 6.87. The molecule has 2 aromatic rings. The molecule has 4 heteroatoms. The first-order chi connectivity index (χ1) is 8.58. The Morgan fingerprint density at radius 2 is 1.89 bits per heavy atom. The normalized spacial score (nSPS) is 12.2. The molecule has 0 saturated heterocycles. The van der Waals surface area contributed by atoms with E-state index in [2.05, 4.69) is 15.9 Å². The third-order valence-corrected chi connectivity index (χ3v) is 3.33. The lowest BCUT2D eigenvalue weighted by atomic mass is 10.1. The van der Waals surface area contributed by atoms with Crippen molar-refractivity contribution in [3.05, 3.63) is 57.5 Å². The van der Waals surface area contributed by atoms with Gasteiger partial charge in [-0.2, -0.15) is 0 Å². The molecule has 0 spiro atoms. The van der Waals surface area contributed by atoms with Gasteiger partial charge >= 0.3 is 0 Å². The van der Waals surface area contributed by atoms with E-state index in [9.17, 15) is 0 Å². The molecule has 2 nitrogen and oxygen atoms in total. The molecule has 0 heterocycles. The minimum atomic E-state index is -0.0906. The Balaban J connectivity index is 2.37. The molecular weight excluding hydrogens is 314 g/mol. The molecule has 2 aromatic carbocycles. The number of hydrogen-bond donors (Lipinski definition) is 1. The van der Waals surface area contributed by atoms with Gasteiger partial charge in [0.2, 0.25) is 0 Å². The maximum atomic E-state index is 6.10. The minimum Gasteiger partial charge on any atom is -0.455 e. The SMILES string of the molecule is CC(N)c1ccccc1Oc1cc(Br)ccc1Cl. The van der Waals surface area contributed by atoms with Gasteiger partial charge in [0.25, 0.3) is 0 Å². The number of hydrogen-bond acceptors (Lipinski definition) is 2. The zero-order chi connectivity index (χ0) is 13.1. The van der Waals surface area contributed by atoms with E-state index < -0.39 is 0 Å². The van der Waals surface area contributed by atoms with Crippen molar-refractivity contribution in [1.29, 1.82) is 0 Å². The number of ether oxygens (including phenoxy) is 1. The fourth-order valence-electron chi connectivity index (χ4n) is 1.62. The van der Waals surface area contributed by atoms with Gasteiger partial charge in [0.05, 0.1) is 5.02 Å². The van der Waals surface area contributed by atoms with Crippen molar-refractivity contribution < 1.29 is 4.74 Å². The van der Waals surface area contributed by atoms with E-state index in [-0.39, 0.29) is 6.04 Å². The van der Waals surface area contributed by atoms with Crippen LogP contribution in [0.15, 0.2) is 46.9 Å². The second-order valence-electron chi connectivity index (χ2n) is 4.00. The van der Waals surface area contributed by atoms with Crippen LogP contribution in [0.3, 0.4) is 0 Å². The van der Waals surface area contributed by atoms with Crippen LogP contribution in [0.25, 0.3) is 0 Å². The van der Waals surface area contributed by atoms with Crippen LogP contribution in [-0.4, -0.2) is 0 Å². The highest BCUT2D eigenvalue weighted by atomic mass is 79.9. The molecule has 18 heavy (non-hydrogen) atoms. The summed E-state index contributed by atoms with van der Waals surface area (Å²) >= 11 is 9.49. The summed E-state index contributed by atoms with van der Waals surface area (Å²) in [6.07, 6.45) is 0. The quantitative estimate of drug-likeness (QED) is 0.869. The van der Waals surface area contributed by atoms with Gasteiger partial charge in [0, 0.05) is 16.1 Å². The van der Waals surface area contributed by atoms with Gasteiger partial charge in [-0.05, 0) is 31.2 Å². The molecule has 0 aliphatic heterocycles. The maximum Gasteiger partial charge on any atom is 0.147 e. The number of rotatable bonds is 3. The predicted octanol–water partition coefficient (Wildman–Crippen LogP) is 4.91. The maximum absolute atomic E-state index is 6.10. The summed E-state index contributed by atoms with van der Waals surface area (Å²) in [5, 5.41) is 0.567. The van der Waals surface area contributed by atoms with Crippen LogP contribution < -0.4 is 10.5 Å². The molecule has 0 aromatic heterocycles. The van der Waals surface area contributed by atoms with Crippen LogP contribution in [0.2, 0.25) is 5.02 Å². The zero-order valence-electron chi connectivity index (χ0n) is 9.86. The van der Waals surface area contributed by atoms with Gasteiger partial charge in [-0.15, -0.1) is 0 Å². The fraction of sp³-hybridized carbons (Fsp3) is 0.143. The average Bonchev–Trinajstić information content (AvgIpc) is 2.34. The van der Waals surface area contributed by atoms with Crippen molar-refractivity contribution >= 4 is 27.5 Å². The van der Waals surface area contributed by atoms with Gasteiger partial charge in [-0.3, -0.25) is 0 Å². The van der Waals surface area contributed by atoms with Crippen molar-refractivity contribution in [1.82, 2.24) is 0 Å². The molecule has 0 fully saturated rings. The number of benzene rings is 2.